The Labute approximate surface area is 173 Å². The van der Waals surface area contributed by atoms with Gasteiger partial charge in [-0.25, -0.2) is 0 Å². The lowest BCUT2D eigenvalue weighted by molar-refractivity contribution is -0.199. The third-order valence-corrected chi connectivity index (χ3v) is 6.47. The van der Waals surface area contributed by atoms with Crippen molar-refractivity contribution < 1.29 is 14.6 Å². The van der Waals surface area contributed by atoms with Crippen LogP contribution in [-0.2, 0) is 9.47 Å². The Balaban J connectivity index is 1.46. The number of hydrogen-bond donors (Lipinski definition) is 2. The van der Waals surface area contributed by atoms with Crippen molar-refractivity contribution in [2.45, 2.75) is 64.3 Å². The van der Waals surface area contributed by atoms with E-state index in [1.807, 2.05) is 6.07 Å². The zero-order chi connectivity index (χ0) is 20.6. The summed E-state index contributed by atoms with van der Waals surface area (Å²) in [6, 6.07) is 1.86. The molecule has 0 aromatic carbocycles. The fourth-order valence-corrected chi connectivity index (χ4v) is 4.66. The fourth-order valence-electron chi connectivity index (χ4n) is 4.66. The lowest BCUT2D eigenvalue weighted by Crippen LogP contribution is -2.55. The number of rotatable bonds is 2. The predicted octanol–water partition coefficient (Wildman–Crippen LogP) is 1.82. The zero-order valence-corrected chi connectivity index (χ0v) is 17.9. The molecule has 1 spiro atoms. The molecule has 0 bridgehead atoms. The Hall–Kier alpha value is -1.64. The number of anilines is 3. The van der Waals surface area contributed by atoms with E-state index in [1.54, 1.807) is 0 Å². The van der Waals surface area contributed by atoms with Crippen molar-refractivity contribution in [1.29, 1.82) is 0 Å². The SMILES string of the molecule is CC(C)(C)[C@H]1C[C@@H](O)CC2(CCN(c3cc(N)nc(N4CCOCC4)n3)CC2)O1. The van der Waals surface area contributed by atoms with Gasteiger partial charge in [0.25, 0.3) is 0 Å². The van der Waals surface area contributed by atoms with Gasteiger partial charge in [-0.05, 0) is 18.3 Å². The summed E-state index contributed by atoms with van der Waals surface area (Å²) in [5.41, 5.74) is 5.89. The van der Waals surface area contributed by atoms with Crippen LogP contribution in [0.3, 0.4) is 0 Å². The highest BCUT2D eigenvalue weighted by Gasteiger charge is 2.46. The summed E-state index contributed by atoms with van der Waals surface area (Å²) in [5, 5.41) is 10.5. The lowest BCUT2D eigenvalue weighted by Gasteiger charge is -2.51. The Morgan fingerprint density at radius 3 is 2.45 bits per heavy atom. The first-order valence-corrected chi connectivity index (χ1v) is 10.8. The highest BCUT2D eigenvalue weighted by atomic mass is 16.5. The van der Waals surface area contributed by atoms with Crippen molar-refractivity contribution in [3.05, 3.63) is 6.07 Å². The van der Waals surface area contributed by atoms with E-state index in [2.05, 4.69) is 35.6 Å². The van der Waals surface area contributed by atoms with E-state index in [0.29, 0.717) is 25.0 Å². The van der Waals surface area contributed by atoms with Crippen molar-refractivity contribution in [2.75, 3.05) is 54.9 Å². The van der Waals surface area contributed by atoms with Crippen LogP contribution in [0.25, 0.3) is 0 Å². The summed E-state index contributed by atoms with van der Waals surface area (Å²) in [6.07, 6.45) is 3.00. The molecule has 0 radical (unpaired) electrons. The van der Waals surface area contributed by atoms with Gasteiger partial charge in [-0.1, -0.05) is 20.8 Å². The number of aliphatic hydroxyl groups is 1. The maximum absolute atomic E-state index is 10.5. The number of nitrogens with zero attached hydrogens (tertiary/aromatic N) is 4. The molecule has 0 amide bonds. The standard InChI is InChI=1S/C21H35N5O3/c1-20(2,3)16-12-15(27)14-21(29-16)4-6-25(7-5-21)18-13-17(22)23-19(24-18)26-8-10-28-11-9-26/h13,15-16,27H,4-12,14H2,1-3H3,(H2,22,23,24)/t15-,16-/m1/s1. The van der Waals surface area contributed by atoms with Crippen LogP contribution in [0, 0.1) is 5.41 Å². The molecule has 3 saturated heterocycles. The van der Waals surface area contributed by atoms with Crippen molar-refractivity contribution >= 4 is 17.6 Å². The number of aliphatic hydroxyl groups excluding tert-OH is 1. The average Bonchev–Trinajstić information content (AvgIpc) is 2.67. The van der Waals surface area contributed by atoms with Crippen LogP contribution in [0.4, 0.5) is 17.6 Å². The molecule has 3 fully saturated rings. The van der Waals surface area contributed by atoms with E-state index in [9.17, 15) is 5.11 Å². The molecule has 1 aromatic rings. The normalized spacial score (nSPS) is 28.0. The van der Waals surface area contributed by atoms with Crippen molar-refractivity contribution in [3.63, 3.8) is 0 Å². The molecule has 2 atom stereocenters. The van der Waals surface area contributed by atoms with Gasteiger partial charge in [0, 0.05) is 45.1 Å². The van der Waals surface area contributed by atoms with Crippen LogP contribution in [0.15, 0.2) is 6.07 Å². The molecule has 3 aliphatic rings. The summed E-state index contributed by atoms with van der Waals surface area (Å²) >= 11 is 0. The number of ether oxygens (including phenoxy) is 2. The van der Waals surface area contributed by atoms with E-state index in [0.717, 1.165) is 57.7 Å². The third kappa shape index (κ3) is 4.59. The van der Waals surface area contributed by atoms with Crippen LogP contribution >= 0.6 is 0 Å². The molecule has 4 rings (SSSR count). The van der Waals surface area contributed by atoms with Gasteiger partial charge in [0.15, 0.2) is 0 Å². The van der Waals surface area contributed by atoms with E-state index in [4.69, 9.17) is 20.2 Å². The van der Waals surface area contributed by atoms with Crippen LogP contribution < -0.4 is 15.5 Å². The summed E-state index contributed by atoms with van der Waals surface area (Å²) in [7, 11) is 0. The molecule has 8 nitrogen and oxygen atoms in total. The van der Waals surface area contributed by atoms with Crippen molar-refractivity contribution in [1.82, 2.24) is 9.97 Å². The molecule has 0 unspecified atom stereocenters. The Kier molecular flexibility index (Phi) is 5.61. The highest BCUT2D eigenvalue weighted by molar-refractivity contribution is 5.52. The summed E-state index contributed by atoms with van der Waals surface area (Å²) in [5.74, 6) is 2.05. The zero-order valence-electron chi connectivity index (χ0n) is 17.9. The number of aromatic nitrogens is 2. The van der Waals surface area contributed by atoms with Crippen molar-refractivity contribution in [3.8, 4) is 0 Å². The topological polar surface area (TPSA) is 97.0 Å². The number of morpholine rings is 1. The molecule has 4 heterocycles. The summed E-state index contributed by atoms with van der Waals surface area (Å²) in [6.45, 7) is 11.2. The quantitative estimate of drug-likeness (QED) is 0.769. The first kappa shape index (κ1) is 20.6. The van der Waals surface area contributed by atoms with Gasteiger partial charge >= 0.3 is 0 Å². The van der Waals surface area contributed by atoms with Crippen molar-refractivity contribution in [2.24, 2.45) is 5.41 Å². The van der Waals surface area contributed by atoms with E-state index >= 15 is 0 Å². The van der Waals surface area contributed by atoms with Crippen LogP contribution in [0.1, 0.15) is 46.5 Å². The first-order valence-electron chi connectivity index (χ1n) is 10.8. The molecule has 8 heteroatoms. The van der Waals surface area contributed by atoms with Gasteiger partial charge in [0.05, 0.1) is 31.0 Å². The number of hydrogen-bond acceptors (Lipinski definition) is 8. The smallest absolute Gasteiger partial charge is 0.229 e. The van der Waals surface area contributed by atoms with E-state index < -0.39 is 0 Å². The second-order valence-electron chi connectivity index (χ2n) is 9.79. The second-order valence-corrected chi connectivity index (χ2v) is 9.79. The molecule has 3 N–H and O–H groups in total. The van der Waals surface area contributed by atoms with E-state index in [1.165, 1.54) is 0 Å². The second kappa shape index (κ2) is 7.89. The monoisotopic (exact) mass is 405 g/mol. The highest BCUT2D eigenvalue weighted by Crippen LogP contribution is 2.42. The largest absolute Gasteiger partial charge is 0.393 e. The maximum Gasteiger partial charge on any atom is 0.229 e. The predicted molar refractivity (Wildman–Crippen MR) is 113 cm³/mol. The lowest BCUT2D eigenvalue weighted by atomic mass is 9.76. The van der Waals surface area contributed by atoms with E-state index in [-0.39, 0.29) is 23.2 Å². The Morgan fingerprint density at radius 2 is 1.79 bits per heavy atom. The third-order valence-electron chi connectivity index (χ3n) is 6.47. The summed E-state index contributed by atoms with van der Waals surface area (Å²) < 4.78 is 12.0. The maximum atomic E-state index is 10.5. The van der Waals surface area contributed by atoms with Gasteiger partial charge < -0.3 is 30.1 Å². The molecule has 162 valence electrons. The molecular weight excluding hydrogens is 370 g/mol. The van der Waals surface area contributed by atoms with Crippen LogP contribution in [0.5, 0.6) is 0 Å². The minimum absolute atomic E-state index is 0.0275. The fraction of sp³-hybridized carbons (Fsp3) is 0.810. The van der Waals surface area contributed by atoms with Crippen LogP contribution in [0.2, 0.25) is 0 Å². The first-order chi connectivity index (χ1) is 13.7. The minimum Gasteiger partial charge on any atom is -0.393 e. The average molecular weight is 406 g/mol. The van der Waals surface area contributed by atoms with Gasteiger partial charge in [-0.3, -0.25) is 0 Å². The summed E-state index contributed by atoms with van der Waals surface area (Å²) in [4.78, 5) is 13.6. The molecule has 0 saturated carbocycles. The molecule has 1 aromatic heterocycles. The van der Waals surface area contributed by atoms with Gasteiger partial charge in [-0.15, -0.1) is 0 Å². The van der Waals surface area contributed by atoms with Gasteiger partial charge in [-0.2, -0.15) is 9.97 Å². The molecule has 3 aliphatic heterocycles. The Bertz CT molecular complexity index is 709. The minimum atomic E-state index is -0.290. The Morgan fingerprint density at radius 1 is 1.10 bits per heavy atom. The molecule has 29 heavy (non-hydrogen) atoms. The number of nitrogens with two attached hydrogens (primary N) is 1. The molecule has 0 aliphatic carbocycles. The number of piperidine rings is 1. The van der Waals surface area contributed by atoms with Gasteiger partial charge in [0.2, 0.25) is 5.95 Å². The molecular formula is C21H35N5O3. The number of nitrogen functional groups attached to an aromatic ring is 1. The van der Waals surface area contributed by atoms with Crippen LogP contribution in [-0.4, -0.2) is 72.3 Å². The van der Waals surface area contributed by atoms with Gasteiger partial charge in [0.1, 0.15) is 11.6 Å².